The number of alkyl halides is 2. The minimum Gasteiger partial charge on any atom is -0.463 e. The number of hydrogen-bond acceptors (Lipinski definition) is 2. The van der Waals surface area contributed by atoms with E-state index in [0.717, 1.165) is 5.06 Å². The van der Waals surface area contributed by atoms with E-state index in [4.69, 9.17) is 9.94 Å². The SMILES string of the molecule is O=C(O)N1OCC[C@H]1c1ccc(C(F)F)cc1. The highest BCUT2D eigenvalue weighted by molar-refractivity contribution is 5.64. The molecular weight excluding hydrogens is 232 g/mol. The third-order valence-corrected chi connectivity index (χ3v) is 2.67. The minimum absolute atomic E-state index is 0.0745. The van der Waals surface area contributed by atoms with Crippen LogP contribution in [0.3, 0.4) is 0 Å². The molecule has 17 heavy (non-hydrogen) atoms. The van der Waals surface area contributed by atoms with Crippen LogP contribution < -0.4 is 0 Å². The van der Waals surface area contributed by atoms with Gasteiger partial charge >= 0.3 is 6.09 Å². The van der Waals surface area contributed by atoms with Gasteiger partial charge in [0.25, 0.3) is 6.43 Å². The number of hydroxylamine groups is 2. The number of rotatable bonds is 2. The first-order valence-corrected chi connectivity index (χ1v) is 5.12. The van der Waals surface area contributed by atoms with Gasteiger partial charge in [0.2, 0.25) is 0 Å². The zero-order valence-corrected chi connectivity index (χ0v) is 8.85. The molecule has 1 atom stereocenters. The summed E-state index contributed by atoms with van der Waals surface area (Å²) in [6, 6.07) is 5.21. The lowest BCUT2D eigenvalue weighted by atomic mass is 10.0. The maximum atomic E-state index is 12.4. The highest BCUT2D eigenvalue weighted by Crippen LogP contribution is 2.31. The molecule has 0 saturated carbocycles. The van der Waals surface area contributed by atoms with Gasteiger partial charge in [0.1, 0.15) is 0 Å². The van der Waals surface area contributed by atoms with Gasteiger partial charge in [0.15, 0.2) is 0 Å². The van der Waals surface area contributed by atoms with Crippen molar-refractivity contribution in [2.45, 2.75) is 18.9 Å². The van der Waals surface area contributed by atoms with E-state index in [0.29, 0.717) is 18.6 Å². The van der Waals surface area contributed by atoms with Crippen LogP contribution in [-0.4, -0.2) is 22.9 Å². The molecule has 6 heteroatoms. The molecule has 0 bridgehead atoms. The van der Waals surface area contributed by atoms with Gasteiger partial charge in [0.05, 0.1) is 12.6 Å². The molecule has 92 valence electrons. The standard InChI is InChI=1S/C11H11F2NO3/c12-10(13)8-3-1-7(2-4-8)9-5-6-17-14(9)11(15)16/h1-4,9-10H,5-6H2,(H,15,16)/t9-/m0/s1. The topological polar surface area (TPSA) is 49.8 Å². The number of nitrogens with zero attached hydrogens (tertiary/aromatic N) is 1. The Labute approximate surface area is 96.4 Å². The quantitative estimate of drug-likeness (QED) is 0.868. The van der Waals surface area contributed by atoms with Crippen LogP contribution in [0.15, 0.2) is 24.3 Å². The van der Waals surface area contributed by atoms with E-state index in [2.05, 4.69) is 0 Å². The largest absolute Gasteiger partial charge is 0.463 e. The van der Waals surface area contributed by atoms with Crippen LogP contribution in [0.2, 0.25) is 0 Å². The Morgan fingerprint density at radius 1 is 1.41 bits per heavy atom. The number of amides is 1. The zero-order valence-electron chi connectivity index (χ0n) is 8.85. The van der Waals surface area contributed by atoms with Crippen LogP contribution in [0.5, 0.6) is 0 Å². The van der Waals surface area contributed by atoms with Gasteiger partial charge in [0, 0.05) is 12.0 Å². The fourth-order valence-electron chi connectivity index (χ4n) is 1.82. The molecular formula is C11H11F2NO3. The van der Waals surface area contributed by atoms with Crippen LogP contribution in [0, 0.1) is 0 Å². The molecule has 1 amide bonds. The second-order valence-corrected chi connectivity index (χ2v) is 3.71. The third-order valence-electron chi connectivity index (χ3n) is 2.67. The average molecular weight is 243 g/mol. The summed E-state index contributed by atoms with van der Waals surface area (Å²) in [7, 11) is 0. The van der Waals surface area contributed by atoms with Gasteiger partial charge in [-0.1, -0.05) is 24.3 Å². The molecule has 1 N–H and O–H groups in total. The van der Waals surface area contributed by atoms with Crippen LogP contribution in [0.4, 0.5) is 13.6 Å². The summed E-state index contributed by atoms with van der Waals surface area (Å²) >= 11 is 0. The summed E-state index contributed by atoms with van der Waals surface area (Å²) in [5.41, 5.74) is 0.587. The molecule has 1 aliphatic heterocycles. The summed E-state index contributed by atoms with van der Waals surface area (Å²) in [4.78, 5) is 15.8. The highest BCUT2D eigenvalue weighted by atomic mass is 19.3. The van der Waals surface area contributed by atoms with Gasteiger partial charge in [-0.25, -0.2) is 13.6 Å². The highest BCUT2D eigenvalue weighted by Gasteiger charge is 2.31. The Kier molecular flexibility index (Phi) is 3.23. The van der Waals surface area contributed by atoms with Crippen molar-refractivity contribution < 1.29 is 23.5 Å². The second-order valence-electron chi connectivity index (χ2n) is 3.71. The predicted molar refractivity (Wildman–Crippen MR) is 54.6 cm³/mol. The van der Waals surface area contributed by atoms with Gasteiger partial charge in [-0.15, -0.1) is 0 Å². The Morgan fingerprint density at radius 2 is 2.06 bits per heavy atom. The number of halogens is 2. The molecule has 1 heterocycles. The van der Waals surface area contributed by atoms with Gasteiger partial charge in [-0.2, -0.15) is 5.06 Å². The molecule has 1 aromatic carbocycles. The zero-order chi connectivity index (χ0) is 12.4. The fourth-order valence-corrected chi connectivity index (χ4v) is 1.82. The van der Waals surface area contributed by atoms with E-state index in [1.165, 1.54) is 24.3 Å². The van der Waals surface area contributed by atoms with Crippen LogP contribution in [0.25, 0.3) is 0 Å². The molecule has 1 aromatic rings. The van der Waals surface area contributed by atoms with Crippen molar-refractivity contribution in [3.8, 4) is 0 Å². The molecule has 0 unspecified atom stereocenters. The number of carbonyl (C=O) groups is 1. The molecule has 4 nitrogen and oxygen atoms in total. The third kappa shape index (κ3) is 2.36. The van der Waals surface area contributed by atoms with E-state index >= 15 is 0 Å². The van der Waals surface area contributed by atoms with E-state index in [1.54, 1.807) is 0 Å². The molecule has 0 radical (unpaired) electrons. The van der Waals surface area contributed by atoms with Crippen molar-refractivity contribution in [3.05, 3.63) is 35.4 Å². The molecule has 1 saturated heterocycles. The minimum atomic E-state index is -2.51. The number of hydrogen-bond donors (Lipinski definition) is 1. The van der Waals surface area contributed by atoms with Crippen LogP contribution in [0.1, 0.15) is 30.0 Å². The summed E-state index contributed by atoms with van der Waals surface area (Å²) in [6.07, 6.45) is -3.16. The summed E-state index contributed by atoms with van der Waals surface area (Å²) in [5.74, 6) is 0. The first-order chi connectivity index (χ1) is 8.09. The Balaban J connectivity index is 2.19. The smallest absolute Gasteiger partial charge is 0.432 e. The number of benzene rings is 1. The normalized spacial score (nSPS) is 19.9. The van der Waals surface area contributed by atoms with E-state index in [9.17, 15) is 13.6 Å². The maximum Gasteiger partial charge on any atom is 0.432 e. The molecule has 0 aromatic heterocycles. The molecule has 1 aliphatic rings. The Morgan fingerprint density at radius 3 is 2.59 bits per heavy atom. The predicted octanol–water partition coefficient (Wildman–Crippen LogP) is 2.98. The van der Waals surface area contributed by atoms with E-state index < -0.39 is 18.6 Å². The van der Waals surface area contributed by atoms with Crippen molar-refractivity contribution in [1.29, 1.82) is 0 Å². The van der Waals surface area contributed by atoms with E-state index in [1.807, 2.05) is 0 Å². The monoisotopic (exact) mass is 243 g/mol. The summed E-state index contributed by atoms with van der Waals surface area (Å²) in [6.45, 7) is 0.313. The first kappa shape index (κ1) is 11.8. The summed E-state index contributed by atoms with van der Waals surface area (Å²) in [5, 5.41) is 9.73. The Bertz CT molecular complexity index is 408. The molecule has 0 aliphatic carbocycles. The lowest BCUT2D eigenvalue weighted by Gasteiger charge is -2.19. The lowest BCUT2D eigenvalue weighted by Crippen LogP contribution is -2.27. The van der Waals surface area contributed by atoms with Crippen LogP contribution >= 0.6 is 0 Å². The van der Waals surface area contributed by atoms with Gasteiger partial charge in [-0.05, 0) is 5.56 Å². The van der Waals surface area contributed by atoms with Crippen molar-refractivity contribution in [2.24, 2.45) is 0 Å². The van der Waals surface area contributed by atoms with Crippen LogP contribution in [-0.2, 0) is 4.84 Å². The van der Waals surface area contributed by atoms with Crippen molar-refractivity contribution >= 4 is 6.09 Å². The van der Waals surface area contributed by atoms with Gasteiger partial charge < -0.3 is 5.11 Å². The molecule has 2 rings (SSSR count). The molecule has 0 spiro atoms. The lowest BCUT2D eigenvalue weighted by molar-refractivity contribution is -0.104. The molecule has 1 fully saturated rings. The second kappa shape index (κ2) is 4.67. The summed E-state index contributed by atoms with van der Waals surface area (Å²) < 4.78 is 24.7. The first-order valence-electron chi connectivity index (χ1n) is 5.12. The number of carboxylic acid groups (broad SMARTS) is 1. The average Bonchev–Trinajstić information content (AvgIpc) is 2.78. The fraction of sp³-hybridized carbons (Fsp3) is 0.364. The van der Waals surface area contributed by atoms with E-state index in [-0.39, 0.29) is 5.56 Å². The maximum absolute atomic E-state index is 12.4. The van der Waals surface area contributed by atoms with Crippen molar-refractivity contribution in [2.75, 3.05) is 6.61 Å². The van der Waals surface area contributed by atoms with Crippen molar-refractivity contribution in [3.63, 3.8) is 0 Å². The van der Waals surface area contributed by atoms with Gasteiger partial charge in [-0.3, -0.25) is 4.84 Å². The van der Waals surface area contributed by atoms with Crippen molar-refractivity contribution in [1.82, 2.24) is 5.06 Å². The Hall–Kier alpha value is -1.69.